The van der Waals surface area contributed by atoms with E-state index in [2.05, 4.69) is 26.2 Å². The van der Waals surface area contributed by atoms with Crippen molar-refractivity contribution in [1.82, 2.24) is 4.72 Å². The normalized spacial score (nSPS) is 19.5. The van der Waals surface area contributed by atoms with Gasteiger partial charge in [0.2, 0.25) is 5.96 Å². The smallest absolute Gasteiger partial charge is 0.324 e. The van der Waals surface area contributed by atoms with Gasteiger partial charge in [0, 0.05) is 4.47 Å². The maximum atomic E-state index is 12.0. The molecule has 1 aliphatic rings. The standard InChI is InChI=1S/C9H7BrF3N3O2S/c10-5-1-2-6-7(3-5)19(17,18)16-8(15-6)14-4-9(11,12)13/h1-3H,4H2,(H2,14,15,16). The van der Waals surface area contributed by atoms with Gasteiger partial charge in [0.25, 0.3) is 10.0 Å². The lowest BCUT2D eigenvalue weighted by atomic mass is 10.3. The van der Waals surface area contributed by atoms with E-state index in [9.17, 15) is 21.6 Å². The van der Waals surface area contributed by atoms with Gasteiger partial charge in [0.05, 0.1) is 5.69 Å². The molecule has 0 atom stereocenters. The number of nitrogens with zero attached hydrogens (tertiary/aromatic N) is 1. The Labute approximate surface area is 115 Å². The summed E-state index contributed by atoms with van der Waals surface area (Å²) in [5.74, 6) is -0.452. The second-order valence-corrected chi connectivity index (χ2v) is 6.22. The summed E-state index contributed by atoms with van der Waals surface area (Å²) in [6.45, 7) is -1.47. The van der Waals surface area contributed by atoms with Crippen LogP contribution in [0.1, 0.15) is 0 Å². The molecular formula is C9H7BrF3N3O2S. The molecule has 0 fully saturated rings. The Morgan fingerprint density at radius 3 is 2.63 bits per heavy atom. The predicted molar refractivity (Wildman–Crippen MR) is 66.4 cm³/mol. The van der Waals surface area contributed by atoms with E-state index in [0.29, 0.717) is 4.47 Å². The van der Waals surface area contributed by atoms with Crippen LogP contribution in [-0.4, -0.2) is 27.1 Å². The van der Waals surface area contributed by atoms with Gasteiger partial charge in [-0.1, -0.05) is 15.9 Å². The molecule has 0 aromatic heterocycles. The Morgan fingerprint density at radius 2 is 2.00 bits per heavy atom. The summed E-state index contributed by atoms with van der Waals surface area (Å²) in [7, 11) is -3.92. The lowest BCUT2D eigenvalue weighted by molar-refractivity contribution is -0.118. The first-order chi connectivity index (χ1) is 8.67. The number of anilines is 1. The molecule has 2 rings (SSSR count). The highest BCUT2D eigenvalue weighted by Gasteiger charge is 2.30. The zero-order chi connectivity index (χ0) is 14.3. The second-order valence-electron chi connectivity index (χ2n) is 3.65. The van der Waals surface area contributed by atoms with Crippen LogP contribution in [0.5, 0.6) is 0 Å². The van der Waals surface area contributed by atoms with Crippen molar-refractivity contribution in [3.8, 4) is 0 Å². The average molecular weight is 358 g/mol. The molecule has 10 heteroatoms. The maximum Gasteiger partial charge on any atom is 0.408 e. The lowest BCUT2D eigenvalue weighted by Gasteiger charge is -2.21. The maximum absolute atomic E-state index is 12.0. The van der Waals surface area contributed by atoms with Gasteiger partial charge >= 0.3 is 6.18 Å². The highest BCUT2D eigenvalue weighted by atomic mass is 79.9. The largest absolute Gasteiger partial charge is 0.408 e. The summed E-state index contributed by atoms with van der Waals surface area (Å²) in [5, 5.41) is 2.49. The third-order valence-corrected chi connectivity index (χ3v) is 4.01. The van der Waals surface area contributed by atoms with Gasteiger partial charge in [-0.3, -0.25) is 0 Å². The first kappa shape index (κ1) is 14.1. The number of fused-ring (bicyclic) bond motifs is 1. The lowest BCUT2D eigenvalue weighted by Crippen LogP contribution is -2.41. The summed E-state index contributed by atoms with van der Waals surface area (Å²) < 4.78 is 62.2. The van der Waals surface area contributed by atoms with Crippen LogP contribution in [0.15, 0.2) is 32.6 Å². The van der Waals surface area contributed by atoms with E-state index in [4.69, 9.17) is 0 Å². The van der Waals surface area contributed by atoms with Crippen molar-refractivity contribution >= 4 is 37.6 Å². The zero-order valence-corrected chi connectivity index (χ0v) is 11.5. The summed E-state index contributed by atoms with van der Waals surface area (Å²) in [6.07, 6.45) is -4.50. The monoisotopic (exact) mass is 357 g/mol. The molecule has 1 heterocycles. The Balaban J connectivity index is 2.36. The van der Waals surface area contributed by atoms with E-state index < -0.39 is 28.7 Å². The van der Waals surface area contributed by atoms with Crippen molar-refractivity contribution in [3.05, 3.63) is 22.7 Å². The molecule has 0 saturated carbocycles. The SMILES string of the molecule is O=S1(=O)NC(=NCC(F)(F)F)Nc2ccc(Br)cc21. The van der Waals surface area contributed by atoms with Crippen molar-refractivity contribution in [2.45, 2.75) is 11.1 Å². The van der Waals surface area contributed by atoms with E-state index in [1.807, 2.05) is 4.72 Å². The molecule has 0 aliphatic carbocycles. The van der Waals surface area contributed by atoms with Gasteiger partial charge in [0.1, 0.15) is 11.4 Å². The molecule has 5 nitrogen and oxygen atoms in total. The summed E-state index contributed by atoms with van der Waals surface area (Å²) in [4.78, 5) is 3.09. The van der Waals surface area contributed by atoms with E-state index in [-0.39, 0.29) is 10.6 Å². The van der Waals surface area contributed by atoms with Crippen molar-refractivity contribution < 1.29 is 21.6 Å². The minimum atomic E-state index is -4.50. The fourth-order valence-corrected chi connectivity index (χ4v) is 3.08. The number of benzene rings is 1. The minimum absolute atomic E-state index is 0.0622. The van der Waals surface area contributed by atoms with Crippen LogP contribution in [-0.2, 0) is 10.0 Å². The molecule has 1 aromatic carbocycles. The van der Waals surface area contributed by atoms with Gasteiger partial charge in [-0.05, 0) is 18.2 Å². The average Bonchev–Trinajstić information content (AvgIpc) is 2.26. The number of halogens is 4. The summed E-state index contributed by atoms with van der Waals surface area (Å²) in [6, 6.07) is 4.33. The minimum Gasteiger partial charge on any atom is -0.324 e. The second kappa shape index (κ2) is 4.67. The molecule has 1 aromatic rings. The summed E-state index contributed by atoms with van der Waals surface area (Å²) >= 11 is 3.11. The third-order valence-electron chi connectivity index (χ3n) is 2.13. The Kier molecular flexibility index (Phi) is 3.47. The van der Waals surface area contributed by atoms with Gasteiger partial charge < -0.3 is 5.32 Å². The number of sulfonamides is 1. The number of hydrogen-bond acceptors (Lipinski definition) is 3. The van der Waals surface area contributed by atoms with E-state index in [1.165, 1.54) is 12.1 Å². The fraction of sp³-hybridized carbons (Fsp3) is 0.222. The number of hydrogen-bond donors (Lipinski definition) is 2. The van der Waals surface area contributed by atoms with Crippen LogP contribution in [0.3, 0.4) is 0 Å². The van der Waals surface area contributed by atoms with E-state index >= 15 is 0 Å². The molecule has 0 bridgehead atoms. The highest BCUT2D eigenvalue weighted by molar-refractivity contribution is 9.10. The first-order valence-electron chi connectivity index (χ1n) is 4.88. The number of aliphatic imine (C=N–C) groups is 1. The molecule has 19 heavy (non-hydrogen) atoms. The van der Waals surface area contributed by atoms with Crippen molar-refractivity contribution in [2.75, 3.05) is 11.9 Å². The fourth-order valence-electron chi connectivity index (χ4n) is 1.40. The molecule has 0 saturated heterocycles. The van der Waals surface area contributed by atoms with Gasteiger partial charge in [-0.2, -0.15) is 13.2 Å². The van der Waals surface area contributed by atoms with E-state index in [0.717, 1.165) is 0 Å². The Hall–Kier alpha value is -1.29. The van der Waals surface area contributed by atoms with Crippen molar-refractivity contribution in [3.63, 3.8) is 0 Å². The highest BCUT2D eigenvalue weighted by Crippen LogP contribution is 2.28. The number of alkyl halides is 3. The summed E-state index contributed by atoms with van der Waals surface area (Å²) in [5.41, 5.74) is 0.169. The molecule has 1 aliphatic heterocycles. The first-order valence-corrected chi connectivity index (χ1v) is 7.16. The molecule has 104 valence electrons. The van der Waals surface area contributed by atoms with Crippen LogP contribution in [0.4, 0.5) is 18.9 Å². The molecule has 0 amide bonds. The van der Waals surface area contributed by atoms with Crippen molar-refractivity contribution in [2.24, 2.45) is 4.99 Å². The number of guanidine groups is 1. The van der Waals surface area contributed by atoms with Gasteiger partial charge in [-0.15, -0.1) is 0 Å². The Bertz CT molecular complexity index is 643. The molecule has 0 unspecified atom stereocenters. The third kappa shape index (κ3) is 3.38. The van der Waals surface area contributed by atoms with Crippen LogP contribution < -0.4 is 10.0 Å². The quantitative estimate of drug-likeness (QED) is 0.808. The van der Waals surface area contributed by atoms with Gasteiger partial charge in [0.15, 0.2) is 0 Å². The molecular weight excluding hydrogens is 351 g/mol. The molecule has 0 radical (unpaired) electrons. The molecule has 0 spiro atoms. The van der Waals surface area contributed by atoms with Crippen LogP contribution >= 0.6 is 15.9 Å². The Morgan fingerprint density at radius 1 is 1.32 bits per heavy atom. The molecule has 2 N–H and O–H groups in total. The predicted octanol–water partition coefficient (Wildman–Crippen LogP) is 2.07. The van der Waals surface area contributed by atoms with Crippen molar-refractivity contribution in [1.29, 1.82) is 0 Å². The topological polar surface area (TPSA) is 70.6 Å². The number of nitrogens with one attached hydrogen (secondary N) is 2. The number of rotatable bonds is 1. The van der Waals surface area contributed by atoms with Gasteiger partial charge in [-0.25, -0.2) is 18.1 Å². The van der Waals surface area contributed by atoms with Crippen LogP contribution in [0.2, 0.25) is 0 Å². The van der Waals surface area contributed by atoms with Crippen LogP contribution in [0, 0.1) is 0 Å². The van der Waals surface area contributed by atoms with Crippen LogP contribution in [0.25, 0.3) is 0 Å². The zero-order valence-electron chi connectivity index (χ0n) is 9.12. The van der Waals surface area contributed by atoms with E-state index in [1.54, 1.807) is 6.07 Å².